The normalized spacial score (nSPS) is 20.8. The van der Waals surface area contributed by atoms with Crippen molar-refractivity contribution in [3.05, 3.63) is 34.9 Å². The molecule has 2 atom stereocenters. The molecule has 1 aliphatic rings. The van der Waals surface area contributed by atoms with Gasteiger partial charge in [0.15, 0.2) is 0 Å². The first kappa shape index (κ1) is 14.3. The van der Waals surface area contributed by atoms with Gasteiger partial charge >= 0.3 is 0 Å². The molecule has 1 aliphatic heterocycles. The smallest absolute Gasteiger partial charge is 0.250 e. The van der Waals surface area contributed by atoms with Crippen LogP contribution in [0.4, 0.5) is 0 Å². The topological polar surface area (TPSA) is 70.6 Å². The number of benzene rings is 1. The Morgan fingerprint density at radius 3 is 2.89 bits per heavy atom. The van der Waals surface area contributed by atoms with Gasteiger partial charge in [0, 0.05) is 24.7 Å². The minimum atomic E-state index is -0.752. The van der Waals surface area contributed by atoms with Crippen LogP contribution in [0.1, 0.15) is 11.7 Å². The van der Waals surface area contributed by atoms with Gasteiger partial charge < -0.3 is 20.5 Å². The van der Waals surface area contributed by atoms with Crippen LogP contribution in [0, 0.1) is 0 Å². The van der Waals surface area contributed by atoms with Gasteiger partial charge in [-0.05, 0) is 17.7 Å². The molecule has 1 heterocycles. The Morgan fingerprint density at radius 1 is 1.53 bits per heavy atom. The average Bonchev–Trinajstić information content (AvgIpc) is 2.46. The molecule has 5 nitrogen and oxygen atoms in total. The van der Waals surface area contributed by atoms with E-state index in [0.29, 0.717) is 23.7 Å². The standard InChI is InChI=1S/C13H17ClN2O3/c14-10-3-1-9(2-4-10)11(17)7-16-13(18)12-8-15-5-6-19-12/h1-4,11-12,15,17H,5-8H2,(H,16,18)/t11-,12-/m0/s1. The fourth-order valence-corrected chi connectivity index (χ4v) is 1.97. The summed E-state index contributed by atoms with van der Waals surface area (Å²) in [6.45, 7) is 1.94. The summed E-state index contributed by atoms with van der Waals surface area (Å²) in [6, 6.07) is 6.88. The fraction of sp³-hybridized carbons (Fsp3) is 0.462. The first-order valence-corrected chi connectivity index (χ1v) is 6.58. The summed E-state index contributed by atoms with van der Waals surface area (Å²) >= 11 is 5.77. The molecular weight excluding hydrogens is 268 g/mol. The van der Waals surface area contributed by atoms with E-state index in [-0.39, 0.29) is 12.5 Å². The Bertz CT molecular complexity index is 418. The largest absolute Gasteiger partial charge is 0.387 e. The molecule has 2 rings (SSSR count). The molecule has 1 amide bonds. The predicted octanol–water partition coefficient (Wildman–Crippen LogP) is 0.478. The van der Waals surface area contributed by atoms with Crippen LogP contribution in [-0.2, 0) is 9.53 Å². The van der Waals surface area contributed by atoms with Crippen LogP contribution >= 0.6 is 11.6 Å². The highest BCUT2D eigenvalue weighted by atomic mass is 35.5. The van der Waals surface area contributed by atoms with E-state index < -0.39 is 12.2 Å². The second kappa shape index (κ2) is 6.86. The van der Waals surface area contributed by atoms with E-state index in [4.69, 9.17) is 16.3 Å². The first-order chi connectivity index (χ1) is 9.16. The highest BCUT2D eigenvalue weighted by molar-refractivity contribution is 6.30. The number of rotatable bonds is 4. The highest BCUT2D eigenvalue weighted by Crippen LogP contribution is 2.15. The van der Waals surface area contributed by atoms with Gasteiger partial charge in [-0.15, -0.1) is 0 Å². The zero-order valence-corrected chi connectivity index (χ0v) is 11.2. The molecule has 0 bridgehead atoms. The van der Waals surface area contributed by atoms with Crippen molar-refractivity contribution in [1.82, 2.24) is 10.6 Å². The molecule has 1 fully saturated rings. The summed E-state index contributed by atoms with van der Waals surface area (Å²) in [5.74, 6) is -0.208. The Labute approximate surface area is 116 Å². The lowest BCUT2D eigenvalue weighted by atomic mass is 10.1. The van der Waals surface area contributed by atoms with Crippen molar-refractivity contribution in [1.29, 1.82) is 0 Å². The van der Waals surface area contributed by atoms with Crippen LogP contribution in [0.2, 0.25) is 5.02 Å². The van der Waals surface area contributed by atoms with Gasteiger partial charge in [-0.2, -0.15) is 0 Å². The van der Waals surface area contributed by atoms with Gasteiger partial charge in [0.1, 0.15) is 6.10 Å². The van der Waals surface area contributed by atoms with E-state index in [0.717, 1.165) is 6.54 Å². The third kappa shape index (κ3) is 4.18. The number of aliphatic hydroxyl groups is 1. The molecule has 0 unspecified atom stereocenters. The van der Waals surface area contributed by atoms with Crippen LogP contribution in [0.3, 0.4) is 0 Å². The van der Waals surface area contributed by atoms with Crippen molar-refractivity contribution < 1.29 is 14.6 Å². The minimum absolute atomic E-state index is 0.153. The van der Waals surface area contributed by atoms with Crippen molar-refractivity contribution in [2.45, 2.75) is 12.2 Å². The van der Waals surface area contributed by atoms with Gasteiger partial charge in [-0.1, -0.05) is 23.7 Å². The van der Waals surface area contributed by atoms with Gasteiger partial charge in [0.05, 0.1) is 12.7 Å². The number of hydrogen-bond acceptors (Lipinski definition) is 4. The first-order valence-electron chi connectivity index (χ1n) is 6.20. The third-order valence-corrected chi connectivity index (χ3v) is 3.20. The van der Waals surface area contributed by atoms with Gasteiger partial charge in [0.25, 0.3) is 5.91 Å². The van der Waals surface area contributed by atoms with E-state index in [1.54, 1.807) is 24.3 Å². The number of nitrogens with one attached hydrogen (secondary N) is 2. The monoisotopic (exact) mass is 284 g/mol. The Balaban J connectivity index is 1.80. The lowest BCUT2D eigenvalue weighted by molar-refractivity contribution is -0.134. The predicted molar refractivity (Wildman–Crippen MR) is 72.0 cm³/mol. The highest BCUT2D eigenvalue weighted by Gasteiger charge is 2.22. The van der Waals surface area contributed by atoms with Crippen molar-refractivity contribution in [2.75, 3.05) is 26.2 Å². The molecule has 0 aliphatic carbocycles. The molecule has 0 radical (unpaired) electrons. The number of morpholine rings is 1. The van der Waals surface area contributed by atoms with E-state index >= 15 is 0 Å². The number of carbonyl (C=O) groups is 1. The molecule has 19 heavy (non-hydrogen) atoms. The number of hydrogen-bond donors (Lipinski definition) is 3. The summed E-state index contributed by atoms with van der Waals surface area (Å²) in [5, 5.41) is 16.3. The number of ether oxygens (including phenoxy) is 1. The second-order valence-electron chi connectivity index (χ2n) is 4.38. The van der Waals surface area contributed by atoms with Crippen LogP contribution in [-0.4, -0.2) is 43.4 Å². The SMILES string of the molecule is O=C(NC[C@H](O)c1ccc(Cl)cc1)[C@@H]1CNCCO1. The summed E-state index contributed by atoms with van der Waals surface area (Å²) in [5.41, 5.74) is 0.715. The molecule has 0 aromatic heterocycles. The summed E-state index contributed by atoms with van der Waals surface area (Å²) in [6.07, 6.45) is -1.23. The van der Waals surface area contributed by atoms with E-state index in [1.165, 1.54) is 0 Å². The maximum absolute atomic E-state index is 11.8. The molecule has 1 aromatic carbocycles. The van der Waals surface area contributed by atoms with Gasteiger partial charge in [-0.25, -0.2) is 0 Å². The van der Waals surface area contributed by atoms with Crippen molar-refractivity contribution >= 4 is 17.5 Å². The van der Waals surface area contributed by atoms with Crippen LogP contribution in [0.25, 0.3) is 0 Å². The van der Waals surface area contributed by atoms with Crippen molar-refractivity contribution in [3.63, 3.8) is 0 Å². The molecule has 6 heteroatoms. The van der Waals surface area contributed by atoms with E-state index in [9.17, 15) is 9.90 Å². The van der Waals surface area contributed by atoms with Crippen LogP contribution < -0.4 is 10.6 Å². The Hall–Kier alpha value is -1.14. The fourth-order valence-electron chi connectivity index (χ4n) is 1.85. The number of carbonyl (C=O) groups excluding carboxylic acids is 1. The van der Waals surface area contributed by atoms with Crippen molar-refractivity contribution in [3.8, 4) is 0 Å². The maximum atomic E-state index is 11.8. The minimum Gasteiger partial charge on any atom is -0.387 e. The molecule has 1 aromatic rings. The number of amides is 1. The van der Waals surface area contributed by atoms with E-state index in [1.807, 2.05) is 0 Å². The van der Waals surface area contributed by atoms with Gasteiger partial charge in [0.2, 0.25) is 0 Å². The Morgan fingerprint density at radius 2 is 2.26 bits per heavy atom. The summed E-state index contributed by atoms with van der Waals surface area (Å²) < 4.78 is 5.32. The molecule has 0 saturated carbocycles. The van der Waals surface area contributed by atoms with E-state index in [2.05, 4.69) is 10.6 Å². The summed E-state index contributed by atoms with van der Waals surface area (Å²) in [7, 11) is 0. The molecule has 1 saturated heterocycles. The zero-order chi connectivity index (χ0) is 13.7. The third-order valence-electron chi connectivity index (χ3n) is 2.94. The molecule has 0 spiro atoms. The molecule has 3 N–H and O–H groups in total. The number of halogens is 1. The van der Waals surface area contributed by atoms with Crippen LogP contribution in [0.15, 0.2) is 24.3 Å². The maximum Gasteiger partial charge on any atom is 0.250 e. The zero-order valence-electron chi connectivity index (χ0n) is 10.4. The lowest BCUT2D eigenvalue weighted by Crippen LogP contribution is -2.48. The average molecular weight is 285 g/mol. The quantitative estimate of drug-likeness (QED) is 0.752. The second-order valence-corrected chi connectivity index (χ2v) is 4.81. The van der Waals surface area contributed by atoms with Crippen LogP contribution in [0.5, 0.6) is 0 Å². The lowest BCUT2D eigenvalue weighted by Gasteiger charge is -2.23. The van der Waals surface area contributed by atoms with Gasteiger partial charge in [-0.3, -0.25) is 4.79 Å². The summed E-state index contributed by atoms with van der Waals surface area (Å²) in [4.78, 5) is 11.8. The molecule has 104 valence electrons. The Kier molecular flexibility index (Phi) is 5.15. The number of aliphatic hydroxyl groups excluding tert-OH is 1. The van der Waals surface area contributed by atoms with Crippen molar-refractivity contribution in [2.24, 2.45) is 0 Å². The molecular formula is C13H17ClN2O3.